The van der Waals surface area contributed by atoms with Gasteiger partial charge < -0.3 is 9.84 Å². The number of aliphatic hydroxyl groups excluding tert-OH is 1. The third kappa shape index (κ3) is 1.93. The first-order valence-corrected chi connectivity index (χ1v) is 10.6. The van der Waals surface area contributed by atoms with Crippen LogP contribution >= 0.6 is 0 Å². The van der Waals surface area contributed by atoms with Gasteiger partial charge in [0.2, 0.25) is 0 Å². The van der Waals surface area contributed by atoms with E-state index in [1.165, 1.54) is 0 Å². The van der Waals surface area contributed by atoms with E-state index in [1.807, 2.05) is 6.92 Å². The Bertz CT molecular complexity index is 700. The third-order valence-corrected chi connectivity index (χ3v) is 9.93. The van der Waals surface area contributed by atoms with Crippen molar-refractivity contribution in [3.63, 3.8) is 0 Å². The first kappa shape index (κ1) is 19.2. The summed E-state index contributed by atoms with van der Waals surface area (Å²) in [5, 5.41) is 9.35. The Morgan fingerprint density at radius 3 is 2.63 bits per heavy atom. The highest BCUT2D eigenvalue weighted by Gasteiger charge is 2.81. The number of Topliss-reactive ketones (excluding diaryl/α,β-unsaturated/α-hetero) is 1. The molecule has 0 amide bonds. The molecule has 150 valence electrons. The highest BCUT2D eigenvalue weighted by Crippen LogP contribution is 2.85. The molecule has 0 aromatic rings. The molecule has 1 N–H and O–H groups in total. The first-order valence-electron chi connectivity index (χ1n) is 10.6. The van der Waals surface area contributed by atoms with Crippen LogP contribution in [0.25, 0.3) is 0 Å². The lowest BCUT2D eigenvalue weighted by Gasteiger charge is -2.69. The standard InChI is InChI=1S/C23H34O4/c1-6-20(4)12-17(27-18(25)13-24)21(5)14(2)10-16-11-22(15(3)19(20)26)8-7-9-23(16,21)22/h6,14-17,24H,1,7-13H2,2-5H3/t14?,15-,16+,17+,20+,21-,22+,23?/m0/s1. The van der Waals surface area contributed by atoms with Crippen molar-refractivity contribution >= 4 is 11.8 Å². The van der Waals surface area contributed by atoms with Gasteiger partial charge in [-0.1, -0.05) is 33.3 Å². The van der Waals surface area contributed by atoms with Gasteiger partial charge in [0.25, 0.3) is 0 Å². The summed E-state index contributed by atoms with van der Waals surface area (Å²) in [6.45, 7) is 12.1. The zero-order chi connectivity index (χ0) is 19.8. The highest BCUT2D eigenvalue weighted by molar-refractivity contribution is 5.89. The monoisotopic (exact) mass is 374 g/mol. The second-order valence-electron chi connectivity index (χ2n) is 10.3. The first-order chi connectivity index (χ1) is 12.6. The van der Waals surface area contributed by atoms with E-state index in [0.717, 1.165) is 32.1 Å². The molecule has 4 rings (SSSR count). The molecule has 4 nitrogen and oxygen atoms in total. The predicted molar refractivity (Wildman–Crippen MR) is 103 cm³/mol. The van der Waals surface area contributed by atoms with E-state index in [1.54, 1.807) is 6.08 Å². The molecule has 1 spiro atoms. The number of ketones is 1. The summed E-state index contributed by atoms with van der Waals surface area (Å²) in [6.07, 6.45) is 7.54. The lowest BCUT2D eigenvalue weighted by molar-refractivity contribution is -0.242. The van der Waals surface area contributed by atoms with Crippen LogP contribution in [0.15, 0.2) is 12.7 Å². The maximum atomic E-state index is 13.6. The van der Waals surface area contributed by atoms with Crippen molar-refractivity contribution in [3.05, 3.63) is 12.7 Å². The summed E-state index contributed by atoms with van der Waals surface area (Å²) in [5.74, 6) is 0.734. The Morgan fingerprint density at radius 2 is 2.00 bits per heavy atom. The maximum Gasteiger partial charge on any atom is 0.332 e. The van der Waals surface area contributed by atoms with E-state index in [9.17, 15) is 14.7 Å². The third-order valence-electron chi connectivity index (χ3n) is 9.93. The summed E-state index contributed by atoms with van der Waals surface area (Å²) in [7, 11) is 0. The molecular weight excluding hydrogens is 340 g/mol. The number of carbonyl (C=O) groups excluding carboxylic acids is 2. The molecule has 8 atom stereocenters. The lowest BCUT2D eigenvalue weighted by atomic mass is 9.34. The van der Waals surface area contributed by atoms with Crippen LogP contribution < -0.4 is 0 Å². The summed E-state index contributed by atoms with van der Waals surface area (Å²) < 4.78 is 5.92. The van der Waals surface area contributed by atoms with Crippen molar-refractivity contribution in [1.82, 2.24) is 0 Å². The van der Waals surface area contributed by atoms with Gasteiger partial charge in [-0.2, -0.15) is 0 Å². The topological polar surface area (TPSA) is 63.6 Å². The van der Waals surface area contributed by atoms with Crippen molar-refractivity contribution in [2.24, 2.45) is 39.4 Å². The van der Waals surface area contributed by atoms with Gasteiger partial charge in [-0.05, 0) is 55.3 Å². The van der Waals surface area contributed by atoms with Crippen LogP contribution in [-0.2, 0) is 14.3 Å². The van der Waals surface area contributed by atoms with E-state index < -0.39 is 18.0 Å². The van der Waals surface area contributed by atoms with Crippen LogP contribution in [0.3, 0.4) is 0 Å². The van der Waals surface area contributed by atoms with Crippen LogP contribution in [0.4, 0.5) is 0 Å². The molecule has 0 aromatic carbocycles. The molecule has 27 heavy (non-hydrogen) atoms. The van der Waals surface area contributed by atoms with Crippen LogP contribution in [-0.4, -0.2) is 29.6 Å². The minimum Gasteiger partial charge on any atom is -0.460 e. The fourth-order valence-corrected chi connectivity index (χ4v) is 8.55. The molecule has 0 radical (unpaired) electrons. The number of esters is 1. The number of allylic oxidation sites excluding steroid dienone is 1. The smallest absolute Gasteiger partial charge is 0.332 e. The van der Waals surface area contributed by atoms with E-state index >= 15 is 0 Å². The zero-order valence-corrected chi connectivity index (χ0v) is 17.2. The van der Waals surface area contributed by atoms with Crippen molar-refractivity contribution in [2.75, 3.05) is 6.61 Å². The van der Waals surface area contributed by atoms with E-state index in [2.05, 4.69) is 27.4 Å². The Hall–Kier alpha value is -1.16. The lowest BCUT2D eigenvalue weighted by Crippen LogP contribution is -2.68. The second kappa shape index (κ2) is 5.68. The predicted octanol–water partition coefficient (Wildman–Crippen LogP) is 3.91. The number of rotatable bonds is 3. The average molecular weight is 375 g/mol. The van der Waals surface area contributed by atoms with Crippen LogP contribution in [0.2, 0.25) is 0 Å². The molecule has 4 aliphatic rings. The van der Waals surface area contributed by atoms with Gasteiger partial charge in [0.15, 0.2) is 0 Å². The molecule has 4 aliphatic carbocycles. The summed E-state index contributed by atoms with van der Waals surface area (Å²) >= 11 is 0. The van der Waals surface area contributed by atoms with E-state index in [0.29, 0.717) is 18.3 Å². The number of carbonyl (C=O) groups is 2. The average Bonchev–Trinajstić information content (AvgIpc) is 3.04. The number of aliphatic hydroxyl groups is 1. The molecule has 2 unspecified atom stereocenters. The Labute approximate surface area is 162 Å². The molecule has 4 saturated carbocycles. The van der Waals surface area contributed by atoms with Gasteiger partial charge in [-0.25, -0.2) is 4.79 Å². The maximum absolute atomic E-state index is 13.6. The molecule has 4 fully saturated rings. The van der Waals surface area contributed by atoms with Crippen molar-refractivity contribution in [1.29, 1.82) is 0 Å². The molecule has 0 saturated heterocycles. The van der Waals surface area contributed by atoms with E-state index in [4.69, 9.17) is 4.74 Å². The quantitative estimate of drug-likeness (QED) is 0.601. The zero-order valence-electron chi connectivity index (χ0n) is 17.2. The van der Waals surface area contributed by atoms with Crippen LogP contribution in [0.5, 0.6) is 0 Å². The fraction of sp³-hybridized carbons (Fsp3) is 0.826. The van der Waals surface area contributed by atoms with Crippen molar-refractivity contribution in [2.45, 2.75) is 72.3 Å². The van der Waals surface area contributed by atoms with Crippen LogP contribution in [0.1, 0.15) is 66.2 Å². The highest BCUT2D eigenvalue weighted by atomic mass is 16.6. The minimum absolute atomic E-state index is 0.0124. The molecule has 0 aromatic heterocycles. The number of ether oxygens (including phenoxy) is 1. The van der Waals surface area contributed by atoms with Gasteiger partial charge in [-0.3, -0.25) is 4.79 Å². The Kier molecular flexibility index (Phi) is 4.04. The molecule has 0 aliphatic heterocycles. The molecule has 0 heterocycles. The van der Waals surface area contributed by atoms with Gasteiger partial charge in [0.05, 0.1) is 0 Å². The van der Waals surface area contributed by atoms with Gasteiger partial charge in [0.1, 0.15) is 18.5 Å². The fourth-order valence-electron chi connectivity index (χ4n) is 8.55. The SMILES string of the molecule is C=C[C@]1(C)C[C@@H](OC(=O)CO)[C@]2(C)C(C)C[C@@H]3C[C@]4(CCCC342)[C@@H](C)C1=O. The summed E-state index contributed by atoms with van der Waals surface area (Å²) in [6, 6.07) is 0. The molecular formula is C23H34O4. The summed E-state index contributed by atoms with van der Waals surface area (Å²) in [4.78, 5) is 25.8. The summed E-state index contributed by atoms with van der Waals surface area (Å²) in [5.41, 5.74) is -0.767. The largest absolute Gasteiger partial charge is 0.460 e. The van der Waals surface area contributed by atoms with Crippen LogP contribution in [0, 0.1) is 39.4 Å². The van der Waals surface area contributed by atoms with Gasteiger partial charge >= 0.3 is 5.97 Å². The number of hydrogen-bond donors (Lipinski definition) is 1. The minimum atomic E-state index is -0.709. The molecule has 4 heteroatoms. The second-order valence-corrected chi connectivity index (χ2v) is 10.3. The van der Waals surface area contributed by atoms with Crippen molar-refractivity contribution in [3.8, 4) is 0 Å². The normalized spacial score (nSPS) is 53.6. The molecule has 0 bridgehead atoms. The Morgan fingerprint density at radius 1 is 1.30 bits per heavy atom. The van der Waals surface area contributed by atoms with E-state index in [-0.39, 0.29) is 34.1 Å². The van der Waals surface area contributed by atoms with Crippen molar-refractivity contribution < 1.29 is 19.4 Å². The van der Waals surface area contributed by atoms with Gasteiger partial charge in [0, 0.05) is 23.2 Å². The number of hydrogen-bond acceptors (Lipinski definition) is 4. The van der Waals surface area contributed by atoms with Gasteiger partial charge in [-0.15, -0.1) is 6.58 Å². The Balaban J connectivity index is 1.92.